The molecule has 3 aromatic heterocycles. The SMILES string of the molecule is O=c1c2ccc3c4c(ccc(c42)c2nc4c(C(F)(F)F)cc(C(F)(F)F)cc4n12)C(O)n1c-3nc2c(C(F)(F)F)cc(C(F)(F)F)cc21. The number of aromatic nitrogens is 4. The Morgan fingerprint density at radius 2 is 1.17 bits per heavy atom. The molecule has 1 aliphatic heterocycles. The molecule has 0 fully saturated rings. The van der Waals surface area contributed by atoms with Gasteiger partial charge in [0.25, 0.3) is 5.56 Å². The highest BCUT2D eigenvalue weighted by molar-refractivity contribution is 6.20. The second-order valence-electron chi connectivity index (χ2n) is 11.1. The van der Waals surface area contributed by atoms with Crippen LogP contribution in [-0.2, 0) is 24.7 Å². The van der Waals surface area contributed by atoms with Crippen LogP contribution in [0.25, 0.3) is 60.6 Å². The summed E-state index contributed by atoms with van der Waals surface area (Å²) in [7, 11) is 0. The van der Waals surface area contributed by atoms with Gasteiger partial charge in [-0.15, -0.1) is 0 Å². The number of aliphatic hydroxyl groups is 1. The smallest absolute Gasteiger partial charge is 0.369 e. The largest absolute Gasteiger partial charge is 0.418 e. The first-order chi connectivity index (χ1) is 22.2. The maximum absolute atomic E-state index is 14.0. The van der Waals surface area contributed by atoms with E-state index in [1.54, 1.807) is 0 Å². The summed E-state index contributed by atoms with van der Waals surface area (Å²) in [5.41, 5.74) is -12.0. The summed E-state index contributed by atoms with van der Waals surface area (Å²) in [6.45, 7) is 0. The highest BCUT2D eigenvalue weighted by Gasteiger charge is 2.42. The summed E-state index contributed by atoms with van der Waals surface area (Å²) in [6, 6.07) is 5.14. The van der Waals surface area contributed by atoms with Crippen molar-refractivity contribution in [1.82, 2.24) is 18.9 Å². The van der Waals surface area contributed by atoms with Gasteiger partial charge in [0.1, 0.15) is 22.5 Å². The Morgan fingerprint density at radius 3 is 1.73 bits per heavy atom. The normalized spacial score (nSPS) is 15.9. The van der Waals surface area contributed by atoms with Gasteiger partial charge in [-0.3, -0.25) is 13.8 Å². The van der Waals surface area contributed by atoms with Crippen LogP contribution in [0.3, 0.4) is 0 Å². The Bertz CT molecular complexity index is 2610. The fraction of sp³-hybridized carbons (Fsp3) is 0.167. The van der Waals surface area contributed by atoms with Crippen molar-refractivity contribution in [3.05, 3.63) is 86.7 Å². The van der Waals surface area contributed by atoms with Crippen molar-refractivity contribution >= 4 is 49.3 Å². The molecular formula is C30H10F12N4O2. The third kappa shape index (κ3) is 3.91. The van der Waals surface area contributed by atoms with Gasteiger partial charge in [-0.25, -0.2) is 9.97 Å². The van der Waals surface area contributed by atoms with Crippen molar-refractivity contribution in [1.29, 1.82) is 0 Å². The van der Waals surface area contributed by atoms with Gasteiger partial charge in [-0.2, -0.15) is 52.7 Å². The summed E-state index contributed by atoms with van der Waals surface area (Å²) in [6.07, 6.45) is -23.0. The number of nitrogens with zero attached hydrogens (tertiary/aromatic N) is 4. The van der Waals surface area contributed by atoms with Crippen LogP contribution < -0.4 is 5.56 Å². The zero-order valence-electron chi connectivity index (χ0n) is 22.9. The molecule has 0 saturated heterocycles. The van der Waals surface area contributed by atoms with E-state index in [1.807, 2.05) is 0 Å². The average Bonchev–Trinajstić information content (AvgIpc) is 3.55. The molecule has 4 heterocycles. The fourth-order valence-electron chi connectivity index (χ4n) is 6.50. The number of aliphatic hydroxyl groups excluding tert-OH is 1. The van der Waals surface area contributed by atoms with Gasteiger partial charge in [-0.1, -0.05) is 12.1 Å². The van der Waals surface area contributed by atoms with Gasteiger partial charge in [0.15, 0.2) is 6.23 Å². The Hall–Kier alpha value is -5.13. The van der Waals surface area contributed by atoms with Gasteiger partial charge in [0, 0.05) is 32.7 Å². The van der Waals surface area contributed by atoms with Gasteiger partial charge in [0.05, 0.1) is 33.3 Å². The third-order valence-corrected chi connectivity index (χ3v) is 8.45. The minimum Gasteiger partial charge on any atom is -0.369 e. The summed E-state index contributed by atoms with van der Waals surface area (Å²) >= 11 is 0. The first-order valence-electron chi connectivity index (χ1n) is 13.4. The number of halogens is 12. The molecule has 1 unspecified atom stereocenters. The first kappa shape index (κ1) is 30.2. The van der Waals surface area contributed by atoms with Crippen LogP contribution in [0, 0.1) is 0 Å². The highest BCUT2D eigenvalue weighted by Crippen LogP contribution is 2.48. The number of hydrogen-bond donors (Lipinski definition) is 1. The molecule has 0 amide bonds. The van der Waals surface area contributed by atoms with E-state index in [1.165, 1.54) is 12.1 Å². The molecule has 1 N–H and O–H groups in total. The average molecular weight is 686 g/mol. The molecular weight excluding hydrogens is 676 g/mol. The molecule has 0 spiro atoms. The van der Waals surface area contributed by atoms with Crippen molar-refractivity contribution < 1.29 is 57.8 Å². The van der Waals surface area contributed by atoms with E-state index in [0.29, 0.717) is 16.5 Å². The van der Waals surface area contributed by atoms with E-state index >= 15 is 0 Å². The first-order valence-corrected chi connectivity index (χ1v) is 13.4. The zero-order valence-corrected chi connectivity index (χ0v) is 22.9. The predicted octanol–water partition coefficient (Wildman–Crippen LogP) is 8.54. The molecule has 1 atom stereocenters. The van der Waals surface area contributed by atoms with Crippen LogP contribution in [-0.4, -0.2) is 24.0 Å². The predicted molar refractivity (Wildman–Crippen MR) is 144 cm³/mol. The number of hydrogen-bond acceptors (Lipinski definition) is 4. The van der Waals surface area contributed by atoms with Crippen LogP contribution in [0.4, 0.5) is 52.7 Å². The van der Waals surface area contributed by atoms with Crippen LogP contribution in [0.5, 0.6) is 0 Å². The lowest BCUT2D eigenvalue weighted by atomic mass is 9.90. The lowest BCUT2D eigenvalue weighted by Gasteiger charge is -2.26. The topological polar surface area (TPSA) is 72.4 Å². The van der Waals surface area contributed by atoms with Gasteiger partial charge in [0.2, 0.25) is 0 Å². The maximum atomic E-state index is 14.0. The second kappa shape index (κ2) is 8.86. The van der Waals surface area contributed by atoms with Gasteiger partial charge in [-0.05, 0) is 36.4 Å². The molecule has 7 aromatic rings. The van der Waals surface area contributed by atoms with Crippen LogP contribution in [0.15, 0.2) is 53.3 Å². The van der Waals surface area contributed by atoms with Crippen molar-refractivity contribution in [2.24, 2.45) is 0 Å². The fourth-order valence-corrected chi connectivity index (χ4v) is 6.50. The zero-order chi connectivity index (χ0) is 34.6. The summed E-state index contributed by atoms with van der Waals surface area (Å²) < 4.78 is 167. The lowest BCUT2D eigenvalue weighted by molar-refractivity contribution is -0.143. The van der Waals surface area contributed by atoms with Crippen molar-refractivity contribution in [3.8, 4) is 11.4 Å². The van der Waals surface area contributed by atoms with E-state index in [4.69, 9.17) is 0 Å². The van der Waals surface area contributed by atoms with Crippen LogP contribution >= 0.6 is 0 Å². The monoisotopic (exact) mass is 686 g/mol. The summed E-state index contributed by atoms with van der Waals surface area (Å²) in [4.78, 5) is 21.7. The number of fused-ring (bicyclic) bond motifs is 8. The minimum absolute atomic E-state index is 0.0245. The van der Waals surface area contributed by atoms with Crippen molar-refractivity contribution in [2.75, 3.05) is 0 Å². The quantitative estimate of drug-likeness (QED) is 0.163. The van der Waals surface area contributed by atoms with Gasteiger partial charge < -0.3 is 5.11 Å². The third-order valence-electron chi connectivity index (χ3n) is 8.45. The number of pyridine rings is 1. The molecule has 8 rings (SSSR count). The summed E-state index contributed by atoms with van der Waals surface area (Å²) in [5.74, 6) is -0.417. The molecule has 0 radical (unpaired) electrons. The number of alkyl halides is 12. The standard InChI is InChI=1S/C30H10F12N4O2/c31-27(32,33)9-5-15(29(37,38)39)21-17(7-9)45-23(43-21)11-1-3-13-20-12(2-4-14(19(11)20)26(45)48)24-44-22-16(30(40,41)42)6-10(28(34,35)36)8-18(22)46(24)25(13)47/h1-8,25,47H. The van der Waals surface area contributed by atoms with Crippen LogP contribution in [0.1, 0.15) is 34.0 Å². The Labute approximate surface area is 255 Å². The molecule has 48 heavy (non-hydrogen) atoms. The van der Waals surface area contributed by atoms with Crippen molar-refractivity contribution in [2.45, 2.75) is 30.9 Å². The molecule has 0 bridgehead atoms. The van der Waals surface area contributed by atoms with Gasteiger partial charge >= 0.3 is 24.7 Å². The number of imidazole rings is 2. The van der Waals surface area contributed by atoms with Crippen LogP contribution in [0.2, 0.25) is 0 Å². The van der Waals surface area contributed by atoms with E-state index in [0.717, 1.165) is 16.7 Å². The maximum Gasteiger partial charge on any atom is 0.418 e. The number of rotatable bonds is 0. The summed E-state index contributed by atoms with van der Waals surface area (Å²) in [5, 5.41) is 11.0. The lowest BCUT2D eigenvalue weighted by Crippen LogP contribution is -2.19. The number of benzene rings is 4. The van der Waals surface area contributed by atoms with Crippen molar-refractivity contribution in [3.63, 3.8) is 0 Å². The molecule has 0 saturated carbocycles. The Kier molecular flexibility index (Phi) is 5.57. The molecule has 246 valence electrons. The molecule has 1 aliphatic rings. The molecule has 0 aliphatic carbocycles. The molecule has 6 nitrogen and oxygen atoms in total. The molecule has 4 aromatic carbocycles. The van der Waals surface area contributed by atoms with E-state index < -0.39 is 92.3 Å². The van der Waals surface area contributed by atoms with E-state index in [2.05, 4.69) is 9.97 Å². The van der Waals surface area contributed by atoms with E-state index in [9.17, 15) is 62.6 Å². The molecule has 18 heteroatoms. The Morgan fingerprint density at radius 1 is 0.625 bits per heavy atom. The highest BCUT2D eigenvalue weighted by atomic mass is 19.4. The minimum atomic E-state index is -5.32. The Balaban J connectivity index is 1.51. The second-order valence-corrected chi connectivity index (χ2v) is 11.1. The van der Waals surface area contributed by atoms with E-state index in [-0.39, 0.29) is 44.8 Å².